The van der Waals surface area contributed by atoms with Gasteiger partial charge < -0.3 is 14.4 Å². The van der Waals surface area contributed by atoms with Crippen LogP contribution in [-0.4, -0.2) is 39.5 Å². The van der Waals surface area contributed by atoms with E-state index < -0.39 is 10.0 Å². The molecule has 0 unspecified atom stereocenters. The van der Waals surface area contributed by atoms with E-state index in [9.17, 15) is 17.6 Å². The summed E-state index contributed by atoms with van der Waals surface area (Å²) in [6, 6.07) is 16.5. The van der Waals surface area contributed by atoms with Crippen LogP contribution in [0.15, 0.2) is 71.6 Å². The molecule has 166 valence electrons. The van der Waals surface area contributed by atoms with Gasteiger partial charge in [-0.25, -0.2) is 12.8 Å². The van der Waals surface area contributed by atoms with Gasteiger partial charge in [-0.2, -0.15) is 0 Å². The molecule has 1 N–H and O–H groups in total. The van der Waals surface area contributed by atoms with Crippen molar-refractivity contribution >= 4 is 21.6 Å². The summed E-state index contributed by atoms with van der Waals surface area (Å²) in [5.74, 6) is 0.246. The Morgan fingerprint density at radius 2 is 1.72 bits per heavy atom. The lowest BCUT2D eigenvalue weighted by molar-refractivity contribution is 0.0785. The zero-order chi connectivity index (χ0) is 22.7. The molecule has 0 radical (unpaired) electrons. The first-order valence-corrected chi connectivity index (χ1v) is 11.3. The van der Waals surface area contributed by atoms with Crippen LogP contribution in [0.5, 0.6) is 11.5 Å². The summed E-state index contributed by atoms with van der Waals surface area (Å²) in [7, 11) is -2.24. The Hall–Kier alpha value is -3.59. The number of benzene rings is 3. The molecule has 0 fully saturated rings. The number of nitrogens with zero attached hydrogens (tertiary/aromatic N) is 1. The molecular formula is C23H21FN2O5S. The van der Waals surface area contributed by atoms with Gasteiger partial charge in [0.05, 0.1) is 4.90 Å². The van der Waals surface area contributed by atoms with Gasteiger partial charge in [0.15, 0.2) is 11.5 Å². The maximum atomic E-state index is 13.4. The van der Waals surface area contributed by atoms with Gasteiger partial charge >= 0.3 is 0 Å². The van der Waals surface area contributed by atoms with E-state index in [4.69, 9.17) is 9.47 Å². The highest BCUT2D eigenvalue weighted by molar-refractivity contribution is 7.92. The molecule has 7 nitrogen and oxygen atoms in total. The molecule has 9 heteroatoms. The number of nitrogens with one attached hydrogen (secondary N) is 1. The van der Waals surface area contributed by atoms with Gasteiger partial charge in [0, 0.05) is 30.9 Å². The van der Waals surface area contributed by atoms with Crippen molar-refractivity contribution in [3.8, 4) is 11.5 Å². The Bertz CT molecular complexity index is 1250. The summed E-state index contributed by atoms with van der Waals surface area (Å²) in [6.07, 6.45) is 0. The van der Waals surface area contributed by atoms with E-state index in [2.05, 4.69) is 4.72 Å². The maximum absolute atomic E-state index is 13.4. The quantitative estimate of drug-likeness (QED) is 0.612. The normalized spacial score (nSPS) is 12.8. The second kappa shape index (κ2) is 8.88. The molecule has 1 amide bonds. The highest BCUT2D eigenvalue weighted by Gasteiger charge is 2.20. The minimum Gasteiger partial charge on any atom is -0.486 e. The third-order valence-corrected chi connectivity index (χ3v) is 6.24. The molecule has 1 heterocycles. The molecular weight excluding hydrogens is 435 g/mol. The molecule has 3 aromatic carbocycles. The predicted octanol–water partition coefficient (Wildman–Crippen LogP) is 3.67. The van der Waals surface area contributed by atoms with Crippen molar-refractivity contribution in [2.24, 2.45) is 0 Å². The summed E-state index contributed by atoms with van der Waals surface area (Å²) >= 11 is 0. The summed E-state index contributed by atoms with van der Waals surface area (Å²) < 4.78 is 52.2. The Balaban J connectivity index is 1.44. The number of carbonyl (C=O) groups is 1. The van der Waals surface area contributed by atoms with Gasteiger partial charge in [-0.1, -0.05) is 12.1 Å². The molecule has 32 heavy (non-hydrogen) atoms. The van der Waals surface area contributed by atoms with Crippen LogP contribution in [-0.2, 0) is 16.6 Å². The van der Waals surface area contributed by atoms with Crippen LogP contribution in [0.2, 0.25) is 0 Å². The van der Waals surface area contributed by atoms with Gasteiger partial charge in [0.2, 0.25) is 0 Å². The van der Waals surface area contributed by atoms with Crippen LogP contribution in [0, 0.1) is 5.82 Å². The standard InChI is InChI=1S/C23H21FN2O5S/c1-26(15-16-3-2-4-18(24)13-16)23(27)17-5-7-19(8-6-17)25-32(28,29)20-9-10-21-22(14-20)31-12-11-30-21/h2-10,13-14,25H,11-12,15H2,1H3. The summed E-state index contributed by atoms with van der Waals surface area (Å²) in [6.45, 7) is 1.02. The maximum Gasteiger partial charge on any atom is 0.262 e. The minimum atomic E-state index is -3.86. The number of amides is 1. The Labute approximate surface area is 185 Å². The van der Waals surface area contributed by atoms with Crippen LogP contribution < -0.4 is 14.2 Å². The molecule has 1 aliphatic heterocycles. The third-order valence-electron chi connectivity index (χ3n) is 4.86. The van der Waals surface area contributed by atoms with E-state index in [1.54, 1.807) is 25.2 Å². The second-order valence-corrected chi connectivity index (χ2v) is 8.96. The smallest absolute Gasteiger partial charge is 0.262 e. The Kier molecular flexibility index (Phi) is 6.00. The first kappa shape index (κ1) is 21.6. The topological polar surface area (TPSA) is 84.9 Å². The first-order chi connectivity index (χ1) is 15.3. The molecule has 0 bridgehead atoms. The number of fused-ring (bicyclic) bond motifs is 1. The van der Waals surface area contributed by atoms with Crippen molar-refractivity contribution in [1.29, 1.82) is 0 Å². The average Bonchev–Trinajstić information content (AvgIpc) is 2.78. The van der Waals surface area contributed by atoms with Gasteiger partial charge in [0.1, 0.15) is 19.0 Å². The largest absolute Gasteiger partial charge is 0.486 e. The lowest BCUT2D eigenvalue weighted by Crippen LogP contribution is -2.26. The van der Waals surface area contributed by atoms with Crippen LogP contribution >= 0.6 is 0 Å². The number of halogens is 1. The number of sulfonamides is 1. The van der Waals surface area contributed by atoms with Crippen molar-refractivity contribution in [1.82, 2.24) is 4.90 Å². The van der Waals surface area contributed by atoms with Crippen LogP contribution in [0.4, 0.5) is 10.1 Å². The monoisotopic (exact) mass is 456 g/mol. The highest BCUT2D eigenvalue weighted by atomic mass is 32.2. The molecule has 1 aliphatic rings. The van der Waals surface area contributed by atoms with Crippen LogP contribution in [0.1, 0.15) is 15.9 Å². The van der Waals surface area contributed by atoms with E-state index >= 15 is 0 Å². The van der Waals surface area contributed by atoms with Crippen molar-refractivity contribution in [2.75, 3.05) is 25.0 Å². The van der Waals surface area contributed by atoms with Gasteiger partial charge in [-0.15, -0.1) is 0 Å². The summed E-state index contributed by atoms with van der Waals surface area (Å²) in [4.78, 5) is 14.2. The fourth-order valence-electron chi connectivity index (χ4n) is 3.29. The Morgan fingerprint density at radius 1 is 1.00 bits per heavy atom. The fourth-order valence-corrected chi connectivity index (χ4v) is 4.36. The minimum absolute atomic E-state index is 0.0386. The zero-order valence-electron chi connectivity index (χ0n) is 17.2. The van der Waals surface area contributed by atoms with E-state index in [1.807, 2.05) is 0 Å². The van der Waals surface area contributed by atoms with Gasteiger partial charge in [-0.3, -0.25) is 9.52 Å². The number of ether oxygens (including phenoxy) is 2. The molecule has 3 aromatic rings. The molecule has 0 aromatic heterocycles. The number of rotatable bonds is 6. The third kappa shape index (κ3) is 4.83. The number of hydrogen-bond donors (Lipinski definition) is 1. The zero-order valence-corrected chi connectivity index (χ0v) is 18.1. The van der Waals surface area contributed by atoms with E-state index in [0.29, 0.717) is 41.5 Å². The van der Waals surface area contributed by atoms with Crippen molar-refractivity contribution < 1.29 is 27.1 Å². The molecule has 0 saturated heterocycles. The lowest BCUT2D eigenvalue weighted by Gasteiger charge is -2.19. The number of carbonyl (C=O) groups excluding carboxylic acids is 1. The first-order valence-electron chi connectivity index (χ1n) is 9.84. The van der Waals surface area contributed by atoms with Gasteiger partial charge in [-0.05, 0) is 54.1 Å². The highest BCUT2D eigenvalue weighted by Crippen LogP contribution is 2.32. The average molecular weight is 456 g/mol. The van der Waals surface area contributed by atoms with Crippen molar-refractivity contribution in [3.05, 3.63) is 83.7 Å². The molecule has 4 rings (SSSR count). The number of anilines is 1. The summed E-state index contributed by atoms with van der Waals surface area (Å²) in [5.41, 5.74) is 1.36. The SMILES string of the molecule is CN(Cc1cccc(F)c1)C(=O)c1ccc(NS(=O)(=O)c2ccc3c(c2)OCCO3)cc1. The fraction of sp³-hybridized carbons (Fsp3) is 0.174. The van der Waals surface area contributed by atoms with Crippen molar-refractivity contribution in [3.63, 3.8) is 0 Å². The van der Waals surface area contributed by atoms with Crippen LogP contribution in [0.3, 0.4) is 0 Å². The Morgan fingerprint density at radius 3 is 2.44 bits per heavy atom. The molecule has 0 aliphatic carbocycles. The summed E-state index contributed by atoms with van der Waals surface area (Å²) in [5, 5.41) is 0. The molecule has 0 saturated carbocycles. The molecule has 0 spiro atoms. The van der Waals surface area contributed by atoms with E-state index in [1.165, 1.54) is 53.4 Å². The lowest BCUT2D eigenvalue weighted by atomic mass is 10.1. The van der Waals surface area contributed by atoms with Crippen LogP contribution in [0.25, 0.3) is 0 Å². The van der Waals surface area contributed by atoms with E-state index in [-0.39, 0.29) is 23.2 Å². The van der Waals surface area contributed by atoms with Crippen molar-refractivity contribution in [2.45, 2.75) is 11.4 Å². The number of hydrogen-bond acceptors (Lipinski definition) is 5. The predicted molar refractivity (Wildman–Crippen MR) is 117 cm³/mol. The second-order valence-electron chi connectivity index (χ2n) is 7.28. The van der Waals surface area contributed by atoms with Gasteiger partial charge in [0.25, 0.3) is 15.9 Å². The van der Waals surface area contributed by atoms with E-state index in [0.717, 1.165) is 0 Å². The molecule has 0 atom stereocenters.